The molecule has 6 heteroatoms. The predicted octanol–water partition coefficient (Wildman–Crippen LogP) is -0.803. The minimum absolute atomic E-state index is 0.0402. The Balaban J connectivity index is 2.74. The van der Waals surface area contributed by atoms with Crippen LogP contribution in [0.25, 0.3) is 0 Å². The molecule has 1 fully saturated rings. The summed E-state index contributed by atoms with van der Waals surface area (Å²) in [6.45, 7) is 0.829. The van der Waals surface area contributed by atoms with Crippen LogP contribution in [0.1, 0.15) is 0 Å². The van der Waals surface area contributed by atoms with Crippen LogP contribution in [0.15, 0.2) is 5.16 Å². The molecule has 0 radical (unpaired) electrons. The number of oxime groups is 1. The Morgan fingerprint density at radius 1 is 1.92 bits per heavy atom. The standard InChI is InChI=1S/C7H10BN3O2/c1-13-10-6-4-11(7(8)12)3-5(6)2-9/h5H,3-4,8H2,1H3/b10-6+. The minimum atomic E-state index is -0.316. The van der Waals surface area contributed by atoms with E-state index in [1.165, 1.54) is 15.0 Å². The van der Waals surface area contributed by atoms with Crippen molar-refractivity contribution >= 4 is 19.4 Å². The van der Waals surface area contributed by atoms with Gasteiger partial charge in [0.15, 0.2) is 5.81 Å². The van der Waals surface area contributed by atoms with Gasteiger partial charge in [-0.2, -0.15) is 5.26 Å². The molecule has 0 aliphatic carbocycles. The monoisotopic (exact) mass is 179 g/mol. The summed E-state index contributed by atoms with van der Waals surface area (Å²) < 4.78 is 0. The van der Waals surface area contributed by atoms with Crippen LogP contribution in [0.5, 0.6) is 0 Å². The Bertz CT molecular complexity index is 284. The van der Waals surface area contributed by atoms with E-state index in [1.54, 1.807) is 4.90 Å². The summed E-state index contributed by atoms with van der Waals surface area (Å²) >= 11 is 0. The number of hydrogen-bond acceptors (Lipinski definition) is 4. The highest BCUT2D eigenvalue weighted by Gasteiger charge is 2.30. The highest BCUT2D eigenvalue weighted by molar-refractivity contribution is 6.57. The molecule has 68 valence electrons. The number of carbonyl (C=O) groups excluding carboxylic acids is 1. The van der Waals surface area contributed by atoms with Gasteiger partial charge in [0.25, 0.3) is 0 Å². The van der Waals surface area contributed by atoms with Gasteiger partial charge in [0.1, 0.15) is 13.0 Å². The Hall–Kier alpha value is -1.51. The molecule has 0 aromatic heterocycles. The Morgan fingerprint density at radius 3 is 3.08 bits per heavy atom. The molecule has 1 saturated heterocycles. The zero-order chi connectivity index (χ0) is 9.84. The number of likely N-dealkylation sites (tertiary alicyclic amines) is 1. The lowest BCUT2D eigenvalue weighted by molar-refractivity contribution is 0.211. The van der Waals surface area contributed by atoms with Gasteiger partial charge in [-0.1, -0.05) is 5.16 Å². The maximum absolute atomic E-state index is 11.0. The molecule has 1 atom stereocenters. The Labute approximate surface area is 77.4 Å². The maximum atomic E-state index is 11.0. The highest BCUT2D eigenvalue weighted by Crippen LogP contribution is 2.13. The molecule has 0 spiro atoms. The molecule has 0 aromatic carbocycles. The van der Waals surface area contributed by atoms with Gasteiger partial charge in [-0.3, -0.25) is 4.79 Å². The summed E-state index contributed by atoms with van der Waals surface area (Å²) in [4.78, 5) is 17.1. The van der Waals surface area contributed by atoms with Crippen molar-refractivity contribution in [1.29, 1.82) is 5.26 Å². The van der Waals surface area contributed by atoms with E-state index >= 15 is 0 Å². The lowest BCUT2D eigenvalue weighted by Gasteiger charge is -2.10. The third kappa shape index (κ3) is 1.99. The molecule has 13 heavy (non-hydrogen) atoms. The largest absolute Gasteiger partial charge is 0.399 e. The van der Waals surface area contributed by atoms with E-state index in [1.807, 2.05) is 0 Å². The van der Waals surface area contributed by atoms with Crippen LogP contribution in [0.3, 0.4) is 0 Å². The minimum Gasteiger partial charge on any atom is -0.399 e. The zero-order valence-corrected chi connectivity index (χ0v) is 7.65. The molecule has 0 N–H and O–H groups in total. The van der Waals surface area contributed by atoms with Crippen molar-refractivity contribution < 1.29 is 9.63 Å². The van der Waals surface area contributed by atoms with Crippen molar-refractivity contribution in [3.8, 4) is 6.07 Å². The fourth-order valence-electron chi connectivity index (χ4n) is 1.26. The van der Waals surface area contributed by atoms with Crippen molar-refractivity contribution in [1.82, 2.24) is 4.90 Å². The predicted molar refractivity (Wildman–Crippen MR) is 49.1 cm³/mol. The van der Waals surface area contributed by atoms with E-state index in [0.717, 1.165) is 0 Å². The van der Waals surface area contributed by atoms with Gasteiger partial charge in [0.2, 0.25) is 7.85 Å². The fourth-order valence-corrected chi connectivity index (χ4v) is 1.26. The van der Waals surface area contributed by atoms with Crippen LogP contribution < -0.4 is 0 Å². The molecular formula is C7H10BN3O2. The quantitative estimate of drug-likeness (QED) is 0.390. The van der Waals surface area contributed by atoms with E-state index < -0.39 is 0 Å². The van der Waals surface area contributed by atoms with Crippen molar-refractivity contribution in [2.75, 3.05) is 20.2 Å². The molecule has 5 nitrogen and oxygen atoms in total. The molecule has 1 amide bonds. The van der Waals surface area contributed by atoms with Gasteiger partial charge < -0.3 is 9.74 Å². The van der Waals surface area contributed by atoms with Crippen LogP contribution >= 0.6 is 0 Å². The van der Waals surface area contributed by atoms with E-state index in [4.69, 9.17) is 5.26 Å². The average Bonchev–Trinajstić information content (AvgIpc) is 2.48. The molecule has 0 bridgehead atoms. The summed E-state index contributed by atoms with van der Waals surface area (Å²) in [5.74, 6) is -0.356. The summed E-state index contributed by atoms with van der Waals surface area (Å²) in [6.07, 6.45) is 0. The van der Waals surface area contributed by atoms with Gasteiger partial charge in [-0.05, 0) is 0 Å². The maximum Gasteiger partial charge on any atom is 0.215 e. The summed E-state index contributed by atoms with van der Waals surface area (Å²) in [5, 5.41) is 12.4. The first-order valence-electron chi connectivity index (χ1n) is 3.94. The second kappa shape index (κ2) is 3.94. The molecule has 0 saturated carbocycles. The van der Waals surface area contributed by atoms with Crippen LogP contribution in [-0.4, -0.2) is 44.5 Å². The number of hydrogen-bond donors (Lipinski definition) is 0. The zero-order valence-electron chi connectivity index (χ0n) is 7.65. The first-order chi connectivity index (χ1) is 6.19. The smallest absolute Gasteiger partial charge is 0.215 e. The second-order valence-corrected chi connectivity index (χ2v) is 2.85. The molecule has 0 aromatic rings. The van der Waals surface area contributed by atoms with Crippen molar-refractivity contribution in [3.63, 3.8) is 0 Å². The highest BCUT2D eigenvalue weighted by atomic mass is 16.6. The van der Waals surface area contributed by atoms with Crippen LogP contribution in [0, 0.1) is 17.2 Å². The molecule has 1 unspecified atom stereocenters. The molecular weight excluding hydrogens is 169 g/mol. The van der Waals surface area contributed by atoms with Gasteiger partial charge in [0.05, 0.1) is 18.3 Å². The third-order valence-corrected chi connectivity index (χ3v) is 1.97. The van der Waals surface area contributed by atoms with E-state index in [-0.39, 0.29) is 11.7 Å². The van der Waals surface area contributed by atoms with E-state index in [2.05, 4.69) is 16.1 Å². The van der Waals surface area contributed by atoms with Gasteiger partial charge >= 0.3 is 0 Å². The van der Waals surface area contributed by atoms with Crippen LogP contribution in [0.4, 0.5) is 4.79 Å². The first kappa shape index (κ1) is 9.58. The number of amides is 1. The van der Waals surface area contributed by atoms with Crippen molar-refractivity contribution in [2.24, 2.45) is 11.1 Å². The summed E-state index contributed by atoms with van der Waals surface area (Å²) in [7, 11) is 2.90. The lowest BCUT2D eigenvalue weighted by atomic mass is 10.1. The molecule has 1 heterocycles. The van der Waals surface area contributed by atoms with Gasteiger partial charge in [-0.25, -0.2) is 0 Å². The van der Waals surface area contributed by atoms with Crippen LogP contribution in [-0.2, 0) is 4.84 Å². The van der Waals surface area contributed by atoms with E-state index in [9.17, 15) is 4.79 Å². The molecule has 1 aliphatic heterocycles. The topological polar surface area (TPSA) is 65.7 Å². The van der Waals surface area contributed by atoms with Crippen LogP contribution in [0.2, 0.25) is 0 Å². The molecule has 1 aliphatic rings. The fraction of sp³-hybridized carbons (Fsp3) is 0.571. The normalized spacial score (nSPS) is 24.5. The lowest BCUT2D eigenvalue weighted by Crippen LogP contribution is -2.27. The Morgan fingerprint density at radius 2 is 2.62 bits per heavy atom. The van der Waals surface area contributed by atoms with Crippen molar-refractivity contribution in [3.05, 3.63) is 0 Å². The van der Waals surface area contributed by atoms with E-state index in [0.29, 0.717) is 18.8 Å². The average molecular weight is 179 g/mol. The number of rotatable bonds is 1. The van der Waals surface area contributed by atoms with Crippen molar-refractivity contribution in [2.45, 2.75) is 0 Å². The molecule has 1 rings (SSSR count). The summed E-state index contributed by atoms with van der Waals surface area (Å²) in [5.41, 5.74) is 0.625. The number of nitriles is 1. The van der Waals surface area contributed by atoms with Gasteiger partial charge in [0, 0.05) is 6.54 Å². The SMILES string of the molecule is BC(=O)N1C/C(=N\OC)C(C#N)C1. The van der Waals surface area contributed by atoms with Gasteiger partial charge in [-0.15, -0.1) is 0 Å². The first-order valence-corrected chi connectivity index (χ1v) is 3.94. The second-order valence-electron chi connectivity index (χ2n) is 2.85. The summed E-state index contributed by atoms with van der Waals surface area (Å²) in [6, 6.07) is 2.08. The third-order valence-electron chi connectivity index (χ3n) is 1.97. The Kier molecular flexibility index (Phi) is 2.90. The number of nitrogens with zero attached hydrogens (tertiary/aromatic N) is 3. The number of carbonyl (C=O) groups is 1.